The molecule has 1 fully saturated rings. The summed E-state index contributed by atoms with van der Waals surface area (Å²) in [5, 5.41) is 0. The van der Waals surface area contributed by atoms with Gasteiger partial charge in [-0.2, -0.15) is 0 Å². The van der Waals surface area contributed by atoms with Crippen LogP contribution in [0.5, 0.6) is 0 Å². The molecular formula is C12H11BrIO4+. The van der Waals surface area contributed by atoms with E-state index < -0.39 is 42.9 Å². The van der Waals surface area contributed by atoms with Crippen LogP contribution in [0.15, 0.2) is 28.7 Å². The zero-order valence-corrected chi connectivity index (χ0v) is 13.5. The number of carbonyl (C=O) groups is 2. The Morgan fingerprint density at radius 2 is 1.61 bits per heavy atom. The number of hydrogen-bond acceptors (Lipinski definition) is 4. The summed E-state index contributed by atoms with van der Waals surface area (Å²) in [6.07, 6.45) is 0. The number of cyclic esters (lactones) is 2. The highest BCUT2D eigenvalue weighted by Crippen LogP contribution is 2.17. The lowest BCUT2D eigenvalue weighted by molar-refractivity contribution is -0.644. The van der Waals surface area contributed by atoms with Crippen molar-refractivity contribution < 1.29 is 40.3 Å². The molecule has 0 radical (unpaired) electrons. The number of esters is 2. The van der Waals surface area contributed by atoms with E-state index in [0.717, 1.165) is 8.04 Å². The second-order valence-corrected chi connectivity index (χ2v) is 8.18. The SMILES string of the molecule is CC1(C)OC(=O)C([I+]c2ccc(Br)cc2)C(=O)O1. The molecule has 1 aliphatic rings. The van der Waals surface area contributed by atoms with Crippen LogP contribution in [-0.4, -0.2) is 21.7 Å². The average molecular weight is 426 g/mol. The molecular weight excluding hydrogens is 415 g/mol. The number of halogens is 2. The van der Waals surface area contributed by atoms with Gasteiger partial charge in [-0.1, -0.05) is 15.9 Å². The Morgan fingerprint density at radius 3 is 2.11 bits per heavy atom. The first-order chi connectivity index (χ1) is 8.37. The summed E-state index contributed by atoms with van der Waals surface area (Å²) in [7, 11) is 0. The molecule has 0 amide bonds. The van der Waals surface area contributed by atoms with Crippen molar-refractivity contribution in [3.05, 3.63) is 32.3 Å². The van der Waals surface area contributed by atoms with E-state index in [2.05, 4.69) is 15.9 Å². The summed E-state index contributed by atoms with van der Waals surface area (Å²) in [6.45, 7) is 3.11. The molecule has 0 N–H and O–H groups in total. The number of hydrogen-bond donors (Lipinski definition) is 0. The maximum absolute atomic E-state index is 11.8. The summed E-state index contributed by atoms with van der Waals surface area (Å²) in [5.74, 6) is -2.10. The molecule has 4 nitrogen and oxygen atoms in total. The first-order valence-corrected chi connectivity index (χ1v) is 8.34. The Balaban J connectivity index is 2.12. The molecule has 1 aromatic rings. The van der Waals surface area contributed by atoms with E-state index in [4.69, 9.17) is 9.47 Å². The third-order valence-electron chi connectivity index (χ3n) is 2.15. The molecule has 1 heterocycles. The standard InChI is InChI=1S/C12H11BrIO4/c1-12(2)17-10(15)9(11(16)18-12)14-8-5-3-7(13)4-6-8/h3-6,9H,1-2H3/q+1. The van der Waals surface area contributed by atoms with Gasteiger partial charge >= 0.3 is 37.1 Å². The van der Waals surface area contributed by atoms with Crippen molar-refractivity contribution in [1.82, 2.24) is 0 Å². The first-order valence-electron chi connectivity index (χ1n) is 5.22. The summed E-state index contributed by atoms with van der Waals surface area (Å²) < 4.78 is 11.4. The molecule has 1 saturated heterocycles. The Hall–Kier alpha value is -0.630. The molecule has 1 aliphatic heterocycles. The molecule has 96 valence electrons. The molecule has 0 bridgehead atoms. The fraction of sp³-hybridized carbons (Fsp3) is 0.333. The lowest BCUT2D eigenvalue weighted by atomic mass is 10.3. The van der Waals surface area contributed by atoms with Crippen LogP contribution in [0.2, 0.25) is 0 Å². The van der Waals surface area contributed by atoms with E-state index in [-0.39, 0.29) is 0 Å². The number of alkyl halides is 1. The van der Waals surface area contributed by atoms with Gasteiger partial charge in [-0.15, -0.1) is 0 Å². The van der Waals surface area contributed by atoms with Gasteiger partial charge in [0.05, 0.1) is 0 Å². The van der Waals surface area contributed by atoms with Gasteiger partial charge in [0.15, 0.2) is 3.57 Å². The maximum Gasteiger partial charge on any atom is 0.373 e. The highest BCUT2D eigenvalue weighted by Gasteiger charge is 2.52. The van der Waals surface area contributed by atoms with Crippen molar-refractivity contribution in [3.63, 3.8) is 0 Å². The minimum absolute atomic E-state index is 0.480. The topological polar surface area (TPSA) is 52.6 Å². The number of carbonyl (C=O) groups excluding carboxylic acids is 2. The second kappa shape index (κ2) is 5.16. The maximum atomic E-state index is 11.8. The van der Waals surface area contributed by atoms with Gasteiger partial charge in [-0.3, -0.25) is 0 Å². The molecule has 0 saturated carbocycles. The van der Waals surface area contributed by atoms with Crippen molar-refractivity contribution in [2.45, 2.75) is 23.6 Å². The number of ether oxygens (including phenoxy) is 2. The normalized spacial score (nSPS) is 19.3. The molecule has 0 aliphatic carbocycles. The third-order valence-corrected chi connectivity index (χ3v) is 5.75. The largest absolute Gasteiger partial charge is 0.419 e. The molecule has 18 heavy (non-hydrogen) atoms. The van der Waals surface area contributed by atoms with Gasteiger partial charge in [-0.05, 0) is 24.3 Å². The summed E-state index contributed by atoms with van der Waals surface area (Å²) in [5.41, 5.74) is 0. The van der Waals surface area contributed by atoms with Crippen molar-refractivity contribution in [1.29, 1.82) is 0 Å². The Morgan fingerprint density at radius 1 is 1.11 bits per heavy atom. The van der Waals surface area contributed by atoms with E-state index in [1.54, 1.807) is 13.8 Å². The Kier molecular flexibility index (Phi) is 3.96. The molecule has 0 atom stereocenters. The van der Waals surface area contributed by atoms with Gasteiger partial charge in [0.2, 0.25) is 0 Å². The lowest BCUT2D eigenvalue weighted by Gasteiger charge is -2.29. The van der Waals surface area contributed by atoms with E-state index in [1.165, 1.54) is 0 Å². The van der Waals surface area contributed by atoms with Crippen LogP contribution in [-0.2, 0) is 19.1 Å². The Bertz CT molecular complexity index is 463. The van der Waals surface area contributed by atoms with Crippen LogP contribution in [0.4, 0.5) is 0 Å². The monoisotopic (exact) mass is 425 g/mol. The summed E-state index contributed by atoms with van der Waals surface area (Å²) in [4.78, 5) is 23.6. The first kappa shape index (κ1) is 13.8. The van der Waals surface area contributed by atoms with E-state index in [9.17, 15) is 9.59 Å². The van der Waals surface area contributed by atoms with Crippen LogP contribution in [0.25, 0.3) is 0 Å². The van der Waals surface area contributed by atoms with E-state index >= 15 is 0 Å². The van der Waals surface area contributed by atoms with Crippen molar-refractivity contribution in [2.24, 2.45) is 0 Å². The zero-order chi connectivity index (χ0) is 13.3. The summed E-state index contributed by atoms with van der Waals surface area (Å²) in [6, 6.07) is 7.58. The van der Waals surface area contributed by atoms with Gasteiger partial charge in [0, 0.05) is 18.3 Å². The highest BCUT2D eigenvalue weighted by molar-refractivity contribution is 9.10. The van der Waals surface area contributed by atoms with Crippen LogP contribution >= 0.6 is 15.9 Å². The van der Waals surface area contributed by atoms with Gasteiger partial charge < -0.3 is 9.47 Å². The van der Waals surface area contributed by atoms with Crippen LogP contribution in [0.1, 0.15) is 13.8 Å². The van der Waals surface area contributed by atoms with Crippen molar-refractivity contribution in [3.8, 4) is 0 Å². The predicted molar refractivity (Wildman–Crippen MR) is 62.9 cm³/mol. The predicted octanol–water partition coefficient (Wildman–Crippen LogP) is -1.09. The average Bonchev–Trinajstić information content (AvgIpc) is 2.24. The zero-order valence-electron chi connectivity index (χ0n) is 9.78. The van der Waals surface area contributed by atoms with Crippen molar-refractivity contribution in [2.75, 3.05) is 0 Å². The van der Waals surface area contributed by atoms with Gasteiger partial charge in [0.1, 0.15) is 0 Å². The van der Waals surface area contributed by atoms with Crippen LogP contribution in [0, 0.1) is 3.57 Å². The van der Waals surface area contributed by atoms with Gasteiger partial charge in [-0.25, -0.2) is 9.59 Å². The quantitative estimate of drug-likeness (QED) is 0.261. The molecule has 2 rings (SSSR count). The minimum Gasteiger partial charge on any atom is -0.419 e. The summed E-state index contributed by atoms with van der Waals surface area (Å²) >= 11 is 2.54. The molecule has 6 heteroatoms. The molecule has 0 spiro atoms. The minimum atomic E-state index is -1.14. The molecule has 1 aromatic carbocycles. The number of benzene rings is 1. The number of rotatable bonds is 2. The smallest absolute Gasteiger partial charge is 0.373 e. The third kappa shape index (κ3) is 3.23. The van der Waals surface area contributed by atoms with Gasteiger partial charge in [0.25, 0.3) is 5.79 Å². The van der Waals surface area contributed by atoms with Crippen LogP contribution in [0.3, 0.4) is 0 Å². The van der Waals surface area contributed by atoms with Crippen LogP contribution < -0.4 is 21.2 Å². The fourth-order valence-corrected chi connectivity index (χ4v) is 3.94. The highest BCUT2D eigenvalue weighted by atomic mass is 127. The van der Waals surface area contributed by atoms with E-state index in [1.807, 2.05) is 24.3 Å². The lowest BCUT2D eigenvalue weighted by Crippen LogP contribution is -3.66. The molecule has 0 unspecified atom stereocenters. The van der Waals surface area contributed by atoms with E-state index in [0.29, 0.717) is 0 Å². The fourth-order valence-electron chi connectivity index (χ4n) is 1.42. The Labute approximate surface area is 123 Å². The molecule has 0 aromatic heterocycles. The second-order valence-electron chi connectivity index (χ2n) is 4.15. The van der Waals surface area contributed by atoms with Crippen molar-refractivity contribution >= 4 is 27.9 Å².